The van der Waals surface area contributed by atoms with E-state index in [0.29, 0.717) is 5.13 Å². The lowest BCUT2D eigenvalue weighted by molar-refractivity contribution is -0.124. The van der Waals surface area contributed by atoms with Crippen LogP contribution in [0.4, 0.5) is 5.13 Å². The zero-order chi connectivity index (χ0) is 13.7. The van der Waals surface area contributed by atoms with Gasteiger partial charge in [-0.3, -0.25) is 4.79 Å². The van der Waals surface area contributed by atoms with Gasteiger partial charge >= 0.3 is 5.97 Å². The SMILES string of the molecule is CNc1nc(C(=O)OCC(=O)NC2CCCC2)cs1. The third kappa shape index (κ3) is 3.92. The Balaban J connectivity index is 1.74. The maximum atomic E-state index is 11.6. The summed E-state index contributed by atoms with van der Waals surface area (Å²) in [5, 5.41) is 7.93. The van der Waals surface area contributed by atoms with Crippen LogP contribution in [-0.2, 0) is 9.53 Å². The largest absolute Gasteiger partial charge is 0.451 e. The highest BCUT2D eigenvalue weighted by molar-refractivity contribution is 7.13. The quantitative estimate of drug-likeness (QED) is 0.798. The molecule has 0 spiro atoms. The number of nitrogens with one attached hydrogen (secondary N) is 2. The zero-order valence-corrected chi connectivity index (χ0v) is 11.6. The van der Waals surface area contributed by atoms with E-state index in [1.165, 1.54) is 11.3 Å². The van der Waals surface area contributed by atoms with Gasteiger partial charge in [-0.2, -0.15) is 0 Å². The minimum atomic E-state index is -0.570. The molecule has 2 rings (SSSR count). The molecule has 1 aromatic heterocycles. The van der Waals surface area contributed by atoms with Crippen molar-refractivity contribution in [2.24, 2.45) is 0 Å². The van der Waals surface area contributed by atoms with E-state index < -0.39 is 5.97 Å². The van der Waals surface area contributed by atoms with Gasteiger partial charge in [0.05, 0.1) is 0 Å². The number of hydrogen-bond donors (Lipinski definition) is 2. The van der Waals surface area contributed by atoms with Crippen LogP contribution in [0.15, 0.2) is 5.38 Å². The number of carbonyl (C=O) groups excluding carboxylic acids is 2. The van der Waals surface area contributed by atoms with E-state index in [1.807, 2.05) is 0 Å². The highest BCUT2D eigenvalue weighted by Crippen LogP contribution is 2.17. The van der Waals surface area contributed by atoms with Crippen molar-refractivity contribution in [2.45, 2.75) is 31.7 Å². The Morgan fingerprint density at radius 2 is 2.21 bits per heavy atom. The van der Waals surface area contributed by atoms with Gasteiger partial charge in [-0.25, -0.2) is 9.78 Å². The number of hydrogen-bond acceptors (Lipinski definition) is 6. The number of esters is 1. The fourth-order valence-electron chi connectivity index (χ4n) is 2.03. The van der Waals surface area contributed by atoms with Crippen molar-refractivity contribution in [2.75, 3.05) is 19.0 Å². The highest BCUT2D eigenvalue weighted by Gasteiger charge is 2.18. The molecule has 1 aliphatic rings. The molecule has 0 radical (unpaired) electrons. The topological polar surface area (TPSA) is 80.3 Å². The Morgan fingerprint density at radius 3 is 2.84 bits per heavy atom. The molecule has 2 N–H and O–H groups in total. The van der Waals surface area contributed by atoms with Crippen molar-refractivity contribution < 1.29 is 14.3 Å². The number of carbonyl (C=O) groups is 2. The summed E-state index contributed by atoms with van der Waals surface area (Å²) in [6.45, 7) is -0.248. The number of rotatable bonds is 5. The Kier molecular flexibility index (Phi) is 4.73. The number of thiazole rings is 1. The van der Waals surface area contributed by atoms with Crippen molar-refractivity contribution in [1.82, 2.24) is 10.3 Å². The van der Waals surface area contributed by atoms with Crippen LogP contribution in [0.5, 0.6) is 0 Å². The maximum absolute atomic E-state index is 11.6. The second-order valence-corrected chi connectivity index (χ2v) is 5.27. The van der Waals surface area contributed by atoms with Gasteiger partial charge in [-0.05, 0) is 12.8 Å². The predicted octanol–water partition coefficient (Wildman–Crippen LogP) is 1.40. The van der Waals surface area contributed by atoms with E-state index in [4.69, 9.17) is 4.74 Å². The Morgan fingerprint density at radius 1 is 1.47 bits per heavy atom. The molecule has 1 amide bonds. The van der Waals surface area contributed by atoms with Gasteiger partial charge in [0.1, 0.15) is 0 Å². The molecule has 104 valence electrons. The first-order valence-electron chi connectivity index (χ1n) is 6.29. The van der Waals surface area contributed by atoms with Crippen molar-refractivity contribution in [3.05, 3.63) is 11.1 Å². The van der Waals surface area contributed by atoms with Gasteiger partial charge in [0, 0.05) is 18.5 Å². The van der Waals surface area contributed by atoms with E-state index >= 15 is 0 Å². The average molecular weight is 283 g/mol. The minimum absolute atomic E-state index is 0.225. The number of amides is 1. The molecule has 0 unspecified atom stereocenters. The number of ether oxygens (including phenoxy) is 1. The molecule has 0 bridgehead atoms. The lowest BCUT2D eigenvalue weighted by Gasteiger charge is -2.11. The summed E-state index contributed by atoms with van der Waals surface area (Å²) >= 11 is 1.31. The van der Waals surface area contributed by atoms with Crippen molar-refractivity contribution in [3.8, 4) is 0 Å². The monoisotopic (exact) mass is 283 g/mol. The standard InChI is InChI=1S/C12H17N3O3S/c1-13-12-15-9(7-19-12)11(17)18-6-10(16)14-8-4-2-3-5-8/h7-8H,2-6H2,1H3,(H,13,15)(H,14,16). The van der Waals surface area contributed by atoms with Crippen LogP contribution in [-0.4, -0.2) is 36.6 Å². The molecule has 0 aliphatic heterocycles. The normalized spacial score (nSPS) is 15.2. The van der Waals surface area contributed by atoms with Crippen LogP contribution in [0.3, 0.4) is 0 Å². The lowest BCUT2D eigenvalue weighted by Crippen LogP contribution is -2.35. The molecule has 0 aromatic carbocycles. The Bertz CT molecular complexity index is 455. The summed E-state index contributed by atoms with van der Waals surface area (Å²) in [7, 11) is 1.73. The molecule has 6 nitrogen and oxygen atoms in total. The Hall–Kier alpha value is -1.63. The molecular weight excluding hydrogens is 266 g/mol. The summed E-state index contributed by atoms with van der Waals surface area (Å²) in [5.41, 5.74) is 0.225. The minimum Gasteiger partial charge on any atom is -0.451 e. The molecule has 1 aromatic rings. The second-order valence-electron chi connectivity index (χ2n) is 4.41. The van der Waals surface area contributed by atoms with Crippen molar-refractivity contribution in [1.29, 1.82) is 0 Å². The average Bonchev–Trinajstić information content (AvgIpc) is 3.06. The summed E-state index contributed by atoms with van der Waals surface area (Å²) < 4.78 is 4.92. The van der Waals surface area contributed by atoms with Gasteiger partial charge in [-0.1, -0.05) is 12.8 Å². The molecular formula is C12H17N3O3S. The number of nitrogens with zero attached hydrogens (tertiary/aromatic N) is 1. The van der Waals surface area contributed by atoms with E-state index in [0.717, 1.165) is 25.7 Å². The van der Waals surface area contributed by atoms with Gasteiger partial charge in [0.25, 0.3) is 5.91 Å². The molecule has 0 saturated heterocycles. The van der Waals surface area contributed by atoms with Gasteiger partial charge < -0.3 is 15.4 Å². The maximum Gasteiger partial charge on any atom is 0.358 e. The molecule has 1 saturated carbocycles. The van der Waals surface area contributed by atoms with Crippen LogP contribution in [0, 0.1) is 0 Å². The van der Waals surface area contributed by atoms with Crippen LogP contribution >= 0.6 is 11.3 Å². The van der Waals surface area contributed by atoms with Gasteiger partial charge in [0.2, 0.25) is 0 Å². The molecule has 1 fully saturated rings. The third-order valence-corrected chi connectivity index (χ3v) is 3.84. The predicted molar refractivity (Wildman–Crippen MR) is 72.3 cm³/mol. The first-order valence-corrected chi connectivity index (χ1v) is 7.17. The fraction of sp³-hybridized carbons (Fsp3) is 0.583. The van der Waals surface area contributed by atoms with Crippen LogP contribution in [0.1, 0.15) is 36.2 Å². The third-order valence-electron chi connectivity index (χ3n) is 2.98. The fourth-order valence-corrected chi connectivity index (χ4v) is 2.67. The molecule has 19 heavy (non-hydrogen) atoms. The Labute approximate surface area is 115 Å². The molecule has 0 atom stereocenters. The van der Waals surface area contributed by atoms with Crippen LogP contribution in [0.25, 0.3) is 0 Å². The lowest BCUT2D eigenvalue weighted by atomic mass is 10.2. The highest BCUT2D eigenvalue weighted by atomic mass is 32.1. The summed E-state index contributed by atoms with van der Waals surface area (Å²) in [6, 6.07) is 0.237. The summed E-state index contributed by atoms with van der Waals surface area (Å²) in [4.78, 5) is 27.2. The molecule has 1 heterocycles. The van der Waals surface area contributed by atoms with Crippen LogP contribution in [0.2, 0.25) is 0 Å². The van der Waals surface area contributed by atoms with E-state index in [2.05, 4.69) is 15.6 Å². The zero-order valence-electron chi connectivity index (χ0n) is 10.8. The van der Waals surface area contributed by atoms with E-state index in [1.54, 1.807) is 12.4 Å². The second kappa shape index (κ2) is 6.51. The van der Waals surface area contributed by atoms with Crippen molar-refractivity contribution >= 4 is 28.3 Å². The van der Waals surface area contributed by atoms with Crippen molar-refractivity contribution in [3.63, 3.8) is 0 Å². The summed E-state index contributed by atoms with van der Waals surface area (Å²) in [6.07, 6.45) is 4.32. The summed E-state index contributed by atoms with van der Waals surface area (Å²) in [5.74, 6) is -0.816. The van der Waals surface area contributed by atoms with E-state index in [9.17, 15) is 9.59 Å². The first-order chi connectivity index (χ1) is 9.19. The van der Waals surface area contributed by atoms with Gasteiger partial charge in [-0.15, -0.1) is 11.3 Å². The molecule has 1 aliphatic carbocycles. The molecule has 7 heteroatoms. The van der Waals surface area contributed by atoms with E-state index in [-0.39, 0.29) is 24.2 Å². The number of anilines is 1. The number of aromatic nitrogens is 1. The smallest absolute Gasteiger partial charge is 0.358 e. The first kappa shape index (κ1) is 13.8. The van der Waals surface area contributed by atoms with Crippen LogP contribution < -0.4 is 10.6 Å². The van der Waals surface area contributed by atoms with Gasteiger partial charge in [0.15, 0.2) is 17.4 Å².